The summed E-state index contributed by atoms with van der Waals surface area (Å²) in [4.78, 5) is 22.6. The first-order valence-corrected chi connectivity index (χ1v) is 6.98. The summed E-state index contributed by atoms with van der Waals surface area (Å²) < 4.78 is 0. The van der Waals surface area contributed by atoms with Crippen molar-refractivity contribution in [3.8, 4) is 0 Å². The van der Waals surface area contributed by atoms with Gasteiger partial charge >= 0.3 is 0 Å². The summed E-state index contributed by atoms with van der Waals surface area (Å²) in [6, 6.07) is 1.95. The van der Waals surface area contributed by atoms with Gasteiger partial charge in [0, 0.05) is 13.6 Å². The highest BCUT2D eigenvalue weighted by molar-refractivity contribution is 7.16. The summed E-state index contributed by atoms with van der Waals surface area (Å²) in [5.41, 5.74) is 5.23. The monoisotopic (exact) mass is 279 g/mol. The number of nitrogens with one attached hydrogen (secondary N) is 1. The normalized spacial score (nSPS) is 10.6. The first kappa shape index (κ1) is 13.5. The van der Waals surface area contributed by atoms with E-state index in [-0.39, 0.29) is 12.5 Å². The fourth-order valence-corrected chi connectivity index (χ4v) is 2.51. The highest BCUT2D eigenvalue weighted by atomic mass is 32.1. The molecule has 2 heterocycles. The van der Waals surface area contributed by atoms with Crippen LogP contribution in [0, 0.1) is 0 Å². The second-order valence-electron chi connectivity index (χ2n) is 4.26. The molecule has 0 fully saturated rings. The van der Waals surface area contributed by atoms with Crippen LogP contribution in [-0.4, -0.2) is 36.0 Å². The Balaban J connectivity index is 2.38. The van der Waals surface area contributed by atoms with Crippen LogP contribution in [0.3, 0.4) is 0 Å². The fraction of sp³-hybridized carbons (Fsp3) is 0.417. The predicted octanol–water partition coefficient (Wildman–Crippen LogP) is 1.43. The lowest BCUT2D eigenvalue weighted by molar-refractivity contribution is -0.116. The number of hydrogen-bond acceptors (Lipinski definition) is 6. The number of likely N-dealkylation sites (N-methyl/N-ethyl adjacent to an activating group) is 1. The molecule has 19 heavy (non-hydrogen) atoms. The van der Waals surface area contributed by atoms with Crippen molar-refractivity contribution in [2.75, 3.05) is 30.4 Å². The van der Waals surface area contributed by atoms with Crippen LogP contribution in [0.15, 0.2) is 11.4 Å². The van der Waals surface area contributed by atoms with Crippen molar-refractivity contribution < 1.29 is 4.79 Å². The average molecular weight is 279 g/mol. The van der Waals surface area contributed by atoms with Crippen LogP contribution in [0.25, 0.3) is 10.2 Å². The lowest BCUT2D eigenvalue weighted by atomic mass is 10.3. The maximum absolute atomic E-state index is 11.0. The van der Waals surface area contributed by atoms with E-state index in [1.165, 1.54) is 0 Å². The van der Waals surface area contributed by atoms with Gasteiger partial charge in [0.25, 0.3) is 0 Å². The van der Waals surface area contributed by atoms with E-state index in [0.717, 1.165) is 29.0 Å². The van der Waals surface area contributed by atoms with E-state index >= 15 is 0 Å². The SMILES string of the molecule is CCCNc1nc(N(C)CC(N)=O)c2ccsc2n1. The first-order valence-electron chi connectivity index (χ1n) is 6.10. The van der Waals surface area contributed by atoms with Gasteiger partial charge in [0.1, 0.15) is 10.6 Å². The van der Waals surface area contributed by atoms with Crippen LogP contribution < -0.4 is 16.0 Å². The van der Waals surface area contributed by atoms with E-state index in [2.05, 4.69) is 22.2 Å². The number of nitrogens with zero attached hydrogens (tertiary/aromatic N) is 3. The largest absolute Gasteiger partial charge is 0.368 e. The number of aromatic nitrogens is 2. The molecular formula is C12H17N5OS. The predicted molar refractivity (Wildman–Crippen MR) is 78.7 cm³/mol. The Kier molecular flexibility index (Phi) is 4.16. The number of hydrogen-bond donors (Lipinski definition) is 2. The number of amides is 1. The van der Waals surface area contributed by atoms with Crippen molar-refractivity contribution in [2.24, 2.45) is 5.73 Å². The van der Waals surface area contributed by atoms with Gasteiger partial charge in [0.05, 0.1) is 11.9 Å². The van der Waals surface area contributed by atoms with Crippen LogP contribution >= 0.6 is 11.3 Å². The van der Waals surface area contributed by atoms with E-state index in [1.54, 1.807) is 23.3 Å². The van der Waals surface area contributed by atoms with Gasteiger partial charge in [-0.15, -0.1) is 11.3 Å². The molecule has 2 aromatic heterocycles. The minimum atomic E-state index is -0.382. The second-order valence-corrected chi connectivity index (χ2v) is 5.15. The van der Waals surface area contributed by atoms with Crippen LogP contribution in [-0.2, 0) is 4.79 Å². The summed E-state index contributed by atoms with van der Waals surface area (Å²) >= 11 is 1.55. The van der Waals surface area contributed by atoms with Crippen molar-refractivity contribution in [3.05, 3.63) is 11.4 Å². The molecule has 0 saturated heterocycles. The number of carbonyl (C=O) groups is 1. The molecule has 2 aromatic rings. The molecule has 0 aliphatic rings. The lowest BCUT2D eigenvalue weighted by Crippen LogP contribution is -2.31. The molecule has 3 N–H and O–H groups in total. The number of carbonyl (C=O) groups excluding carboxylic acids is 1. The Morgan fingerprint density at radius 2 is 2.32 bits per heavy atom. The van der Waals surface area contributed by atoms with Gasteiger partial charge < -0.3 is 16.0 Å². The molecule has 0 aliphatic carbocycles. The highest BCUT2D eigenvalue weighted by Crippen LogP contribution is 2.28. The van der Waals surface area contributed by atoms with E-state index < -0.39 is 0 Å². The molecule has 0 bridgehead atoms. The number of fused-ring (bicyclic) bond motifs is 1. The highest BCUT2D eigenvalue weighted by Gasteiger charge is 2.13. The molecular weight excluding hydrogens is 262 g/mol. The molecule has 0 radical (unpaired) electrons. The Hall–Kier alpha value is -1.89. The smallest absolute Gasteiger partial charge is 0.236 e. The first-order chi connectivity index (χ1) is 9.11. The third kappa shape index (κ3) is 3.11. The molecule has 0 unspecified atom stereocenters. The quantitative estimate of drug-likeness (QED) is 0.835. The number of nitrogens with two attached hydrogens (primary N) is 1. The lowest BCUT2D eigenvalue weighted by Gasteiger charge is -2.17. The maximum atomic E-state index is 11.0. The molecule has 2 rings (SSSR count). The Labute approximate surface area is 115 Å². The molecule has 1 amide bonds. The minimum Gasteiger partial charge on any atom is -0.368 e. The van der Waals surface area contributed by atoms with Crippen molar-refractivity contribution in [1.82, 2.24) is 9.97 Å². The fourth-order valence-electron chi connectivity index (χ4n) is 1.76. The van der Waals surface area contributed by atoms with Gasteiger partial charge in [-0.3, -0.25) is 4.79 Å². The van der Waals surface area contributed by atoms with Crippen molar-refractivity contribution >= 4 is 39.2 Å². The molecule has 0 saturated carbocycles. The van der Waals surface area contributed by atoms with E-state index in [0.29, 0.717) is 5.95 Å². The van der Waals surface area contributed by atoms with Crippen molar-refractivity contribution in [3.63, 3.8) is 0 Å². The van der Waals surface area contributed by atoms with Crippen molar-refractivity contribution in [1.29, 1.82) is 0 Å². The summed E-state index contributed by atoms with van der Waals surface area (Å²) in [6.45, 7) is 3.03. The zero-order valence-corrected chi connectivity index (χ0v) is 11.8. The molecule has 0 aromatic carbocycles. The Morgan fingerprint density at radius 3 is 3.00 bits per heavy atom. The Morgan fingerprint density at radius 1 is 1.53 bits per heavy atom. The van der Waals surface area contributed by atoms with Gasteiger partial charge in [-0.2, -0.15) is 4.98 Å². The van der Waals surface area contributed by atoms with Crippen LogP contribution in [0.5, 0.6) is 0 Å². The second kappa shape index (κ2) is 5.83. The third-order valence-electron chi connectivity index (χ3n) is 2.59. The molecule has 0 atom stereocenters. The zero-order chi connectivity index (χ0) is 13.8. The molecule has 6 nitrogen and oxygen atoms in total. The third-order valence-corrected chi connectivity index (χ3v) is 3.40. The standard InChI is InChI=1S/C12H17N5OS/c1-3-5-14-12-15-10(17(2)7-9(13)18)8-4-6-19-11(8)16-12/h4,6H,3,5,7H2,1-2H3,(H2,13,18)(H,14,15,16). The number of thiophene rings is 1. The van der Waals surface area contributed by atoms with Gasteiger partial charge in [0.2, 0.25) is 11.9 Å². The van der Waals surface area contributed by atoms with Gasteiger partial charge in [0.15, 0.2) is 0 Å². The molecule has 102 valence electrons. The number of anilines is 2. The van der Waals surface area contributed by atoms with Gasteiger partial charge in [-0.05, 0) is 17.9 Å². The number of rotatable bonds is 6. The van der Waals surface area contributed by atoms with E-state index in [1.807, 2.05) is 11.4 Å². The van der Waals surface area contributed by atoms with Gasteiger partial charge in [-0.25, -0.2) is 4.98 Å². The van der Waals surface area contributed by atoms with Crippen LogP contribution in [0.1, 0.15) is 13.3 Å². The summed E-state index contributed by atoms with van der Waals surface area (Å²) in [5.74, 6) is 0.930. The maximum Gasteiger partial charge on any atom is 0.236 e. The van der Waals surface area contributed by atoms with Crippen LogP contribution in [0.4, 0.5) is 11.8 Å². The van der Waals surface area contributed by atoms with E-state index in [9.17, 15) is 4.79 Å². The molecule has 0 aliphatic heterocycles. The minimum absolute atomic E-state index is 0.134. The summed E-state index contributed by atoms with van der Waals surface area (Å²) in [7, 11) is 1.80. The number of primary amides is 1. The van der Waals surface area contributed by atoms with E-state index in [4.69, 9.17) is 5.73 Å². The summed E-state index contributed by atoms with van der Waals surface area (Å²) in [6.07, 6.45) is 0.998. The van der Waals surface area contributed by atoms with Gasteiger partial charge in [-0.1, -0.05) is 6.92 Å². The van der Waals surface area contributed by atoms with Crippen LogP contribution in [0.2, 0.25) is 0 Å². The molecule has 0 spiro atoms. The van der Waals surface area contributed by atoms with Crippen molar-refractivity contribution in [2.45, 2.75) is 13.3 Å². The molecule has 7 heteroatoms. The zero-order valence-electron chi connectivity index (χ0n) is 11.0. The topological polar surface area (TPSA) is 84.1 Å². The average Bonchev–Trinajstić information content (AvgIpc) is 2.82. The summed E-state index contributed by atoms with van der Waals surface area (Å²) in [5, 5.41) is 6.07. The Bertz CT molecular complexity index is 583.